The van der Waals surface area contributed by atoms with Crippen LogP contribution < -0.4 is 5.32 Å². The number of thiazole rings is 1. The Morgan fingerprint density at radius 2 is 1.93 bits per heavy atom. The van der Waals surface area contributed by atoms with Crippen LogP contribution in [0.4, 0.5) is 4.39 Å². The summed E-state index contributed by atoms with van der Waals surface area (Å²) in [5, 5.41) is 5.05. The van der Waals surface area contributed by atoms with Gasteiger partial charge in [0.05, 0.1) is 12.1 Å². The molecule has 0 aliphatic heterocycles. The molecule has 1 amide bonds. The Balaban J connectivity index is 1.38. The molecule has 1 N–H and O–H groups in total. The van der Waals surface area contributed by atoms with Crippen molar-refractivity contribution in [2.75, 3.05) is 0 Å². The highest BCUT2D eigenvalue weighted by Crippen LogP contribution is 2.24. The van der Waals surface area contributed by atoms with Gasteiger partial charge < -0.3 is 5.32 Å². The lowest BCUT2D eigenvalue weighted by molar-refractivity contribution is -0.121. The quantitative estimate of drug-likeness (QED) is 0.474. The van der Waals surface area contributed by atoms with Gasteiger partial charge in [0.15, 0.2) is 4.96 Å². The van der Waals surface area contributed by atoms with Gasteiger partial charge in [0, 0.05) is 28.9 Å². The number of fused-ring (bicyclic) bond motifs is 1. The molecule has 148 valence electrons. The number of nitrogens with one attached hydrogen (secondary N) is 1. The number of aromatic nitrogens is 2. The van der Waals surface area contributed by atoms with Crippen LogP contribution in [0, 0.1) is 5.82 Å². The Hall–Kier alpha value is -2.99. The Labute approximate surface area is 173 Å². The van der Waals surface area contributed by atoms with Gasteiger partial charge in [-0.1, -0.05) is 30.3 Å². The molecule has 4 rings (SSSR count). The van der Waals surface area contributed by atoms with Crippen molar-refractivity contribution in [2.45, 2.75) is 32.2 Å². The fourth-order valence-corrected chi connectivity index (χ4v) is 4.18. The van der Waals surface area contributed by atoms with Crippen LogP contribution in [-0.2, 0) is 17.6 Å². The molecule has 2 aromatic heterocycles. The molecule has 0 saturated heterocycles. The maximum Gasteiger partial charge on any atom is 0.226 e. The minimum atomic E-state index is -0.270. The van der Waals surface area contributed by atoms with Gasteiger partial charge in [-0.25, -0.2) is 9.37 Å². The van der Waals surface area contributed by atoms with Gasteiger partial charge >= 0.3 is 0 Å². The van der Waals surface area contributed by atoms with Crippen LogP contribution in [0.15, 0.2) is 66.2 Å². The van der Waals surface area contributed by atoms with Crippen molar-refractivity contribution in [2.24, 2.45) is 0 Å². The first kappa shape index (κ1) is 19.3. The van der Waals surface area contributed by atoms with E-state index in [1.165, 1.54) is 29.0 Å². The number of rotatable bonds is 7. The summed E-state index contributed by atoms with van der Waals surface area (Å²) in [6.45, 7) is 2.04. The van der Waals surface area contributed by atoms with Gasteiger partial charge in [-0.15, -0.1) is 11.3 Å². The molecule has 0 radical (unpaired) electrons. The lowest BCUT2D eigenvalue weighted by Crippen LogP contribution is -2.34. The molecule has 1 unspecified atom stereocenters. The average molecular weight is 408 g/mol. The van der Waals surface area contributed by atoms with E-state index in [4.69, 9.17) is 0 Å². The van der Waals surface area contributed by atoms with Crippen LogP contribution in [0.1, 0.15) is 24.6 Å². The topological polar surface area (TPSA) is 46.4 Å². The summed E-state index contributed by atoms with van der Waals surface area (Å²) < 4.78 is 15.1. The Morgan fingerprint density at radius 1 is 1.17 bits per heavy atom. The molecule has 4 aromatic rings. The molecule has 6 heteroatoms. The molecule has 0 fully saturated rings. The highest BCUT2D eigenvalue weighted by atomic mass is 32.1. The summed E-state index contributed by atoms with van der Waals surface area (Å²) in [4.78, 5) is 17.9. The molecule has 0 saturated carbocycles. The Bertz CT molecular complexity index is 1100. The van der Waals surface area contributed by atoms with Gasteiger partial charge in [-0.2, -0.15) is 0 Å². The van der Waals surface area contributed by atoms with E-state index in [1.807, 2.05) is 41.1 Å². The highest BCUT2D eigenvalue weighted by Gasteiger charge is 2.14. The second kappa shape index (κ2) is 8.57. The van der Waals surface area contributed by atoms with Crippen LogP contribution in [0.5, 0.6) is 0 Å². The number of hydrogen-bond acceptors (Lipinski definition) is 3. The van der Waals surface area contributed by atoms with Crippen molar-refractivity contribution < 1.29 is 9.18 Å². The first-order chi connectivity index (χ1) is 14.1. The number of aryl methyl sites for hydroxylation is 1. The monoisotopic (exact) mass is 407 g/mol. The minimum Gasteiger partial charge on any atom is -0.353 e. The number of carbonyl (C=O) groups excluding carboxylic acids is 1. The van der Waals surface area contributed by atoms with Crippen molar-refractivity contribution >= 4 is 22.2 Å². The summed E-state index contributed by atoms with van der Waals surface area (Å²) in [5.74, 6) is -0.268. The third-order valence-electron chi connectivity index (χ3n) is 4.88. The second-order valence-corrected chi connectivity index (χ2v) is 8.02. The van der Waals surface area contributed by atoms with E-state index >= 15 is 0 Å². The van der Waals surface area contributed by atoms with E-state index < -0.39 is 0 Å². The van der Waals surface area contributed by atoms with Crippen LogP contribution in [0.25, 0.3) is 16.2 Å². The SMILES string of the molecule is CC(CCc1ccccc1)NC(=O)Cc1csc2nc(-c3ccc(F)cc3)cn12. The predicted octanol–water partition coefficient (Wildman–Crippen LogP) is 4.88. The molecule has 0 spiro atoms. The lowest BCUT2D eigenvalue weighted by Gasteiger charge is -2.13. The van der Waals surface area contributed by atoms with Gasteiger partial charge in [0.25, 0.3) is 0 Å². The van der Waals surface area contributed by atoms with E-state index in [0.29, 0.717) is 6.42 Å². The van der Waals surface area contributed by atoms with Crippen LogP contribution in [0.3, 0.4) is 0 Å². The number of carbonyl (C=O) groups is 1. The van der Waals surface area contributed by atoms with Gasteiger partial charge in [0.1, 0.15) is 5.82 Å². The van der Waals surface area contributed by atoms with Crippen LogP contribution >= 0.6 is 11.3 Å². The molecule has 0 bridgehead atoms. The summed E-state index contributed by atoms with van der Waals surface area (Å²) in [6, 6.07) is 16.7. The fraction of sp³-hybridized carbons (Fsp3) is 0.217. The first-order valence-corrected chi connectivity index (χ1v) is 10.5. The third kappa shape index (κ3) is 4.71. The molecular formula is C23H22FN3OS. The van der Waals surface area contributed by atoms with Gasteiger partial charge in [-0.05, 0) is 49.6 Å². The molecule has 2 heterocycles. The van der Waals surface area contributed by atoms with E-state index in [0.717, 1.165) is 34.8 Å². The summed E-state index contributed by atoms with van der Waals surface area (Å²) in [6.07, 6.45) is 4.04. The van der Waals surface area contributed by atoms with Gasteiger partial charge in [-0.3, -0.25) is 9.20 Å². The minimum absolute atomic E-state index is 0.00212. The Morgan fingerprint density at radius 3 is 2.69 bits per heavy atom. The van der Waals surface area contributed by atoms with E-state index in [9.17, 15) is 9.18 Å². The van der Waals surface area contributed by atoms with Crippen LogP contribution in [0.2, 0.25) is 0 Å². The summed E-state index contributed by atoms with van der Waals surface area (Å²) in [7, 11) is 0. The number of imidazole rings is 1. The molecule has 0 aliphatic carbocycles. The van der Waals surface area contributed by atoms with Crippen molar-refractivity contribution in [3.05, 3.63) is 83.2 Å². The van der Waals surface area contributed by atoms with Crippen molar-refractivity contribution in [3.63, 3.8) is 0 Å². The maximum absolute atomic E-state index is 13.1. The number of hydrogen-bond donors (Lipinski definition) is 1. The predicted molar refractivity (Wildman–Crippen MR) is 115 cm³/mol. The smallest absolute Gasteiger partial charge is 0.226 e. The fourth-order valence-electron chi connectivity index (χ4n) is 3.31. The largest absolute Gasteiger partial charge is 0.353 e. The zero-order valence-electron chi connectivity index (χ0n) is 16.1. The number of nitrogens with zero attached hydrogens (tertiary/aromatic N) is 2. The Kier molecular flexibility index (Phi) is 5.71. The van der Waals surface area contributed by atoms with Crippen molar-refractivity contribution in [3.8, 4) is 11.3 Å². The summed E-state index contributed by atoms with van der Waals surface area (Å²) >= 11 is 1.50. The van der Waals surface area contributed by atoms with Gasteiger partial charge in [0.2, 0.25) is 5.91 Å². The van der Waals surface area contributed by atoms with Crippen molar-refractivity contribution in [1.29, 1.82) is 0 Å². The third-order valence-corrected chi connectivity index (χ3v) is 5.77. The summed E-state index contributed by atoms with van der Waals surface area (Å²) in [5.41, 5.74) is 3.81. The lowest BCUT2D eigenvalue weighted by atomic mass is 10.1. The zero-order chi connectivity index (χ0) is 20.2. The second-order valence-electron chi connectivity index (χ2n) is 7.18. The zero-order valence-corrected chi connectivity index (χ0v) is 17.0. The molecule has 1 atom stereocenters. The number of halogens is 1. The molecule has 4 nitrogen and oxygen atoms in total. The van der Waals surface area contributed by atoms with Crippen LogP contribution in [-0.4, -0.2) is 21.3 Å². The highest BCUT2D eigenvalue weighted by molar-refractivity contribution is 7.15. The normalized spacial score (nSPS) is 12.2. The van der Waals surface area contributed by atoms with E-state index in [2.05, 4.69) is 22.4 Å². The first-order valence-electron chi connectivity index (χ1n) is 9.63. The number of benzene rings is 2. The maximum atomic E-state index is 13.1. The van der Waals surface area contributed by atoms with E-state index in [-0.39, 0.29) is 17.8 Å². The molecular weight excluding hydrogens is 385 g/mol. The van der Waals surface area contributed by atoms with E-state index in [1.54, 1.807) is 12.1 Å². The number of amides is 1. The molecule has 2 aromatic carbocycles. The van der Waals surface area contributed by atoms with Crippen molar-refractivity contribution in [1.82, 2.24) is 14.7 Å². The average Bonchev–Trinajstić information content (AvgIpc) is 3.30. The molecule has 29 heavy (non-hydrogen) atoms. The molecule has 0 aliphatic rings. The standard InChI is InChI=1S/C23H22FN3OS/c1-16(7-8-17-5-3-2-4-6-17)25-22(28)13-20-15-29-23-26-21(14-27(20)23)18-9-11-19(24)12-10-18/h2-6,9-12,14-16H,7-8,13H2,1H3,(H,25,28).